The second kappa shape index (κ2) is 4.41. The number of hydrogen-bond donors (Lipinski definition) is 0. The Bertz CT molecular complexity index is 258. The van der Waals surface area contributed by atoms with E-state index in [0.717, 1.165) is 16.2 Å². The van der Waals surface area contributed by atoms with Crippen molar-refractivity contribution in [3.8, 4) is 5.75 Å². The number of rotatable bonds is 3. The van der Waals surface area contributed by atoms with Crippen molar-refractivity contribution in [1.82, 2.24) is 0 Å². The molecule has 0 fully saturated rings. The van der Waals surface area contributed by atoms with Crippen LogP contribution in [0.15, 0.2) is 23.1 Å². The van der Waals surface area contributed by atoms with E-state index >= 15 is 0 Å². The third kappa shape index (κ3) is 1.95. The monoisotopic (exact) mass is 181 g/mol. The summed E-state index contributed by atoms with van der Waals surface area (Å²) in [4.78, 5) is 1.16. The molecule has 0 aliphatic rings. The van der Waals surface area contributed by atoms with Gasteiger partial charge in [-0.15, -0.1) is 11.8 Å². The van der Waals surface area contributed by atoms with Crippen LogP contribution in [0, 0.1) is 6.92 Å². The van der Waals surface area contributed by atoms with Crippen molar-refractivity contribution in [2.75, 3.05) is 12.9 Å². The lowest BCUT2D eigenvalue weighted by Gasteiger charge is -2.10. The Morgan fingerprint density at radius 3 is 2.83 bits per heavy atom. The zero-order valence-corrected chi connectivity index (χ0v) is 8.28. The smallest absolute Gasteiger partial charge is 0.136 e. The molecule has 0 aromatic heterocycles. The normalized spacial score (nSPS) is 9.92. The molecule has 0 aliphatic carbocycles. The van der Waals surface area contributed by atoms with Gasteiger partial charge in [0.05, 0.1) is 6.61 Å². The highest BCUT2D eigenvalue weighted by atomic mass is 32.2. The lowest BCUT2D eigenvalue weighted by molar-refractivity contribution is 0.331. The SMILES string of the molecule is [CH2]c1cccc(SC)c1OCC. The molecule has 65 valence electrons. The molecule has 0 heterocycles. The highest BCUT2D eigenvalue weighted by Gasteiger charge is 2.03. The minimum Gasteiger partial charge on any atom is -0.492 e. The maximum Gasteiger partial charge on any atom is 0.136 e. The third-order valence-corrected chi connectivity index (χ3v) is 2.33. The molecule has 1 aromatic carbocycles. The summed E-state index contributed by atoms with van der Waals surface area (Å²) < 4.78 is 5.48. The second-order valence-electron chi connectivity index (χ2n) is 2.38. The van der Waals surface area contributed by atoms with Gasteiger partial charge in [-0.1, -0.05) is 12.1 Å². The van der Waals surface area contributed by atoms with E-state index in [0.29, 0.717) is 6.61 Å². The van der Waals surface area contributed by atoms with Gasteiger partial charge in [0.25, 0.3) is 0 Å². The van der Waals surface area contributed by atoms with Crippen molar-refractivity contribution in [2.24, 2.45) is 0 Å². The summed E-state index contributed by atoms with van der Waals surface area (Å²) in [5, 5.41) is 0. The molecule has 1 rings (SSSR count). The Labute approximate surface area is 78.1 Å². The predicted octanol–water partition coefficient (Wildman–Crippen LogP) is 2.99. The first kappa shape index (κ1) is 9.46. The summed E-state index contributed by atoms with van der Waals surface area (Å²) >= 11 is 1.68. The fourth-order valence-electron chi connectivity index (χ4n) is 1.03. The van der Waals surface area contributed by atoms with Gasteiger partial charge in [0, 0.05) is 4.90 Å². The minimum atomic E-state index is 0.695. The van der Waals surface area contributed by atoms with Crippen molar-refractivity contribution in [3.05, 3.63) is 30.7 Å². The molecule has 12 heavy (non-hydrogen) atoms. The molecule has 0 atom stereocenters. The number of benzene rings is 1. The van der Waals surface area contributed by atoms with Gasteiger partial charge in [0.1, 0.15) is 5.75 Å². The second-order valence-corrected chi connectivity index (χ2v) is 3.23. The fraction of sp³-hybridized carbons (Fsp3) is 0.300. The standard InChI is InChI=1S/C10H13OS/c1-4-11-10-8(2)6-5-7-9(10)12-3/h5-7H,2,4H2,1,3H3. The third-order valence-electron chi connectivity index (χ3n) is 1.57. The topological polar surface area (TPSA) is 9.23 Å². The van der Waals surface area contributed by atoms with E-state index in [1.165, 1.54) is 0 Å². The fourth-order valence-corrected chi connectivity index (χ4v) is 1.62. The van der Waals surface area contributed by atoms with E-state index in [1.807, 2.05) is 31.4 Å². The van der Waals surface area contributed by atoms with Gasteiger partial charge in [0.15, 0.2) is 0 Å². The average molecular weight is 181 g/mol. The van der Waals surface area contributed by atoms with Gasteiger partial charge < -0.3 is 4.74 Å². The van der Waals surface area contributed by atoms with Crippen molar-refractivity contribution in [3.63, 3.8) is 0 Å². The first-order valence-electron chi connectivity index (χ1n) is 3.91. The van der Waals surface area contributed by atoms with Crippen LogP contribution in [-0.2, 0) is 0 Å². The molecular formula is C10H13OS. The van der Waals surface area contributed by atoms with Gasteiger partial charge >= 0.3 is 0 Å². The van der Waals surface area contributed by atoms with Gasteiger partial charge in [-0.2, -0.15) is 0 Å². The van der Waals surface area contributed by atoms with E-state index in [-0.39, 0.29) is 0 Å². The van der Waals surface area contributed by atoms with Gasteiger partial charge in [-0.05, 0) is 31.7 Å². The van der Waals surface area contributed by atoms with Gasteiger partial charge in [-0.3, -0.25) is 0 Å². The van der Waals surface area contributed by atoms with Gasteiger partial charge in [0.2, 0.25) is 0 Å². The van der Waals surface area contributed by atoms with E-state index in [4.69, 9.17) is 4.74 Å². The molecule has 0 N–H and O–H groups in total. The van der Waals surface area contributed by atoms with Crippen LogP contribution in [0.4, 0.5) is 0 Å². The quantitative estimate of drug-likeness (QED) is 0.663. The Hall–Kier alpha value is -0.630. The molecule has 0 saturated heterocycles. The zero-order valence-electron chi connectivity index (χ0n) is 7.46. The minimum absolute atomic E-state index is 0.695. The number of ether oxygens (including phenoxy) is 1. The van der Waals surface area contributed by atoms with E-state index in [9.17, 15) is 0 Å². The summed E-state index contributed by atoms with van der Waals surface area (Å²) in [6.45, 7) is 6.59. The Morgan fingerprint density at radius 2 is 2.25 bits per heavy atom. The molecular weight excluding hydrogens is 168 g/mol. The summed E-state index contributed by atoms with van der Waals surface area (Å²) in [5.41, 5.74) is 0.962. The van der Waals surface area contributed by atoms with Crippen molar-refractivity contribution >= 4 is 11.8 Å². The predicted molar refractivity (Wildman–Crippen MR) is 53.9 cm³/mol. The molecule has 2 heteroatoms. The lowest BCUT2D eigenvalue weighted by Crippen LogP contribution is -1.95. The van der Waals surface area contributed by atoms with E-state index in [1.54, 1.807) is 11.8 Å². The highest BCUT2D eigenvalue weighted by Crippen LogP contribution is 2.30. The van der Waals surface area contributed by atoms with Crippen LogP contribution < -0.4 is 4.74 Å². The van der Waals surface area contributed by atoms with Crippen LogP contribution in [0.1, 0.15) is 12.5 Å². The van der Waals surface area contributed by atoms with E-state index < -0.39 is 0 Å². The van der Waals surface area contributed by atoms with Crippen LogP contribution in [-0.4, -0.2) is 12.9 Å². The number of para-hydroxylation sites is 1. The molecule has 0 amide bonds. The van der Waals surface area contributed by atoms with Crippen molar-refractivity contribution in [2.45, 2.75) is 11.8 Å². The van der Waals surface area contributed by atoms with Crippen LogP contribution in [0.3, 0.4) is 0 Å². The largest absolute Gasteiger partial charge is 0.492 e. The van der Waals surface area contributed by atoms with E-state index in [2.05, 4.69) is 6.92 Å². The summed E-state index contributed by atoms with van der Waals surface area (Å²) in [7, 11) is 0. The Kier molecular flexibility index (Phi) is 3.48. The van der Waals surface area contributed by atoms with Gasteiger partial charge in [-0.25, -0.2) is 0 Å². The zero-order chi connectivity index (χ0) is 8.97. The van der Waals surface area contributed by atoms with Crippen molar-refractivity contribution < 1.29 is 4.74 Å². The molecule has 0 aliphatic heterocycles. The molecule has 1 aromatic rings. The molecule has 1 radical (unpaired) electrons. The Balaban J connectivity index is 3.02. The van der Waals surface area contributed by atoms with Crippen LogP contribution in [0.25, 0.3) is 0 Å². The molecule has 0 unspecified atom stereocenters. The summed E-state index contributed by atoms with van der Waals surface area (Å²) in [5.74, 6) is 0.924. The first-order chi connectivity index (χ1) is 5.79. The molecule has 0 saturated carbocycles. The molecule has 1 nitrogen and oxygen atoms in total. The summed E-state index contributed by atoms with van der Waals surface area (Å²) in [6.07, 6.45) is 2.04. The molecule has 0 spiro atoms. The maximum absolute atomic E-state index is 5.48. The number of hydrogen-bond acceptors (Lipinski definition) is 2. The first-order valence-corrected chi connectivity index (χ1v) is 5.13. The Morgan fingerprint density at radius 1 is 1.50 bits per heavy atom. The van der Waals surface area contributed by atoms with Crippen LogP contribution in [0.2, 0.25) is 0 Å². The summed E-state index contributed by atoms with van der Waals surface area (Å²) in [6, 6.07) is 6.01. The van der Waals surface area contributed by atoms with Crippen molar-refractivity contribution in [1.29, 1.82) is 0 Å². The lowest BCUT2D eigenvalue weighted by atomic mass is 10.2. The maximum atomic E-state index is 5.48. The van der Waals surface area contributed by atoms with Crippen LogP contribution >= 0.6 is 11.8 Å². The molecule has 0 bridgehead atoms. The van der Waals surface area contributed by atoms with Crippen LogP contribution in [0.5, 0.6) is 5.75 Å². The average Bonchev–Trinajstić information content (AvgIpc) is 2.09. The number of thioether (sulfide) groups is 1. The highest BCUT2D eigenvalue weighted by molar-refractivity contribution is 7.98.